The topological polar surface area (TPSA) is 45.2 Å². The van der Waals surface area contributed by atoms with Crippen molar-refractivity contribution in [2.24, 2.45) is 5.92 Å². The molecule has 3 saturated heterocycles. The van der Waals surface area contributed by atoms with Gasteiger partial charge in [0.15, 0.2) is 0 Å². The van der Waals surface area contributed by atoms with Gasteiger partial charge in [-0.15, -0.1) is 0 Å². The molecular weight excluding hydrogens is 286 g/mol. The predicted molar refractivity (Wildman–Crippen MR) is 90.1 cm³/mol. The molecule has 5 rings (SSSR count). The molecule has 2 aromatic rings. The largest absolute Gasteiger partial charge is 0.339 e. The van der Waals surface area contributed by atoms with E-state index < -0.39 is 0 Å². The average Bonchev–Trinajstić information content (AvgIpc) is 2.87. The number of hydrogen-bond acceptors (Lipinski definition) is 5. The van der Waals surface area contributed by atoms with Gasteiger partial charge in [0.1, 0.15) is 0 Å². The fraction of sp³-hybridized carbons (Fsp3) is 0.500. The number of fused-ring (bicyclic) bond motifs is 4. The molecule has 2 aromatic heterocycles. The molecule has 120 valence electrons. The van der Waals surface area contributed by atoms with E-state index in [1.165, 1.54) is 18.5 Å². The minimum absolute atomic E-state index is 0.569. The Kier molecular flexibility index (Phi) is 3.95. The van der Waals surface area contributed by atoms with Crippen molar-refractivity contribution in [1.29, 1.82) is 0 Å². The Hall–Kier alpha value is -2.01. The molecule has 0 amide bonds. The van der Waals surface area contributed by atoms with Crippen LogP contribution in [0.15, 0.2) is 36.7 Å². The summed E-state index contributed by atoms with van der Waals surface area (Å²) >= 11 is 0. The van der Waals surface area contributed by atoms with Gasteiger partial charge in [-0.2, -0.15) is 0 Å². The van der Waals surface area contributed by atoms with E-state index in [-0.39, 0.29) is 0 Å². The summed E-state index contributed by atoms with van der Waals surface area (Å²) in [6.07, 6.45) is 6.25. The van der Waals surface area contributed by atoms with Gasteiger partial charge >= 0.3 is 0 Å². The van der Waals surface area contributed by atoms with Gasteiger partial charge in [0.2, 0.25) is 5.95 Å². The van der Waals surface area contributed by atoms with E-state index in [0.29, 0.717) is 12.0 Å². The monoisotopic (exact) mass is 309 g/mol. The molecule has 3 aliphatic heterocycles. The van der Waals surface area contributed by atoms with Crippen LogP contribution in [0.2, 0.25) is 0 Å². The molecule has 0 N–H and O–H groups in total. The Morgan fingerprint density at radius 1 is 1.04 bits per heavy atom. The molecular formula is C18H23N5. The van der Waals surface area contributed by atoms with Crippen molar-refractivity contribution in [2.75, 3.05) is 24.5 Å². The number of aromatic nitrogens is 3. The number of rotatable bonds is 3. The molecule has 3 aliphatic rings. The molecule has 0 radical (unpaired) electrons. The van der Waals surface area contributed by atoms with E-state index in [0.717, 1.165) is 37.8 Å². The van der Waals surface area contributed by atoms with E-state index >= 15 is 0 Å². The molecule has 5 heterocycles. The Balaban J connectivity index is 1.51. The summed E-state index contributed by atoms with van der Waals surface area (Å²) in [5.74, 6) is 1.57. The minimum Gasteiger partial charge on any atom is -0.339 e. The van der Waals surface area contributed by atoms with Crippen molar-refractivity contribution in [3.05, 3.63) is 48.0 Å². The van der Waals surface area contributed by atoms with Crippen molar-refractivity contribution in [2.45, 2.75) is 32.4 Å². The number of anilines is 1. The van der Waals surface area contributed by atoms with Crippen molar-refractivity contribution < 1.29 is 0 Å². The van der Waals surface area contributed by atoms with Gasteiger partial charge < -0.3 is 4.90 Å². The van der Waals surface area contributed by atoms with Crippen molar-refractivity contribution in [1.82, 2.24) is 19.9 Å². The van der Waals surface area contributed by atoms with E-state index in [1.807, 2.05) is 18.5 Å². The standard InChI is InChI=1S/C18H23N5/c1-14-4-2-5-16(21-14)12-22-10-15-6-7-17(22)13-23(11-15)18-19-8-3-9-20-18/h2-5,8-9,15,17H,6-7,10-13H2,1H3/t15-,17-/m1/s1. The maximum absolute atomic E-state index is 4.68. The smallest absolute Gasteiger partial charge is 0.225 e. The van der Waals surface area contributed by atoms with E-state index in [9.17, 15) is 0 Å². The number of piperidine rings is 1. The van der Waals surface area contributed by atoms with Crippen molar-refractivity contribution in [3.8, 4) is 0 Å². The number of aryl methyl sites for hydroxylation is 1. The van der Waals surface area contributed by atoms with Gasteiger partial charge in [0.05, 0.1) is 5.69 Å². The molecule has 0 unspecified atom stereocenters. The number of hydrogen-bond donors (Lipinski definition) is 0. The average molecular weight is 309 g/mol. The molecule has 0 aromatic carbocycles. The van der Waals surface area contributed by atoms with E-state index in [2.05, 4.69) is 49.9 Å². The lowest BCUT2D eigenvalue weighted by atomic mass is 9.95. The second-order valence-electron chi connectivity index (χ2n) is 6.75. The Morgan fingerprint density at radius 2 is 1.91 bits per heavy atom. The van der Waals surface area contributed by atoms with Gasteiger partial charge in [0.25, 0.3) is 0 Å². The Labute approximate surface area is 137 Å². The molecule has 2 atom stereocenters. The summed E-state index contributed by atoms with van der Waals surface area (Å²) in [4.78, 5) is 18.5. The molecule has 2 bridgehead atoms. The van der Waals surface area contributed by atoms with Crippen LogP contribution >= 0.6 is 0 Å². The molecule has 0 spiro atoms. The zero-order chi connectivity index (χ0) is 15.6. The number of pyridine rings is 1. The Bertz CT molecular complexity index is 659. The fourth-order valence-corrected chi connectivity index (χ4v) is 3.89. The lowest BCUT2D eigenvalue weighted by Gasteiger charge is -2.35. The molecule has 5 nitrogen and oxygen atoms in total. The molecule has 23 heavy (non-hydrogen) atoms. The molecule has 0 saturated carbocycles. The van der Waals surface area contributed by atoms with Crippen LogP contribution in [0, 0.1) is 12.8 Å². The van der Waals surface area contributed by atoms with Gasteiger partial charge in [-0.3, -0.25) is 9.88 Å². The van der Waals surface area contributed by atoms with Crippen LogP contribution in [0.25, 0.3) is 0 Å². The Morgan fingerprint density at radius 3 is 2.74 bits per heavy atom. The first-order chi connectivity index (χ1) is 11.3. The third kappa shape index (κ3) is 3.20. The highest BCUT2D eigenvalue weighted by Gasteiger charge is 2.35. The zero-order valence-corrected chi connectivity index (χ0v) is 13.6. The zero-order valence-electron chi connectivity index (χ0n) is 13.6. The summed E-state index contributed by atoms with van der Waals surface area (Å²) in [7, 11) is 0. The lowest BCUT2D eigenvalue weighted by molar-refractivity contribution is 0.125. The van der Waals surface area contributed by atoms with Crippen LogP contribution < -0.4 is 4.90 Å². The lowest BCUT2D eigenvalue weighted by Crippen LogP contribution is -2.43. The van der Waals surface area contributed by atoms with Crippen molar-refractivity contribution >= 4 is 5.95 Å². The predicted octanol–water partition coefficient (Wildman–Crippen LogP) is 2.28. The van der Waals surface area contributed by atoms with Gasteiger partial charge in [0, 0.05) is 50.3 Å². The maximum atomic E-state index is 4.68. The van der Waals surface area contributed by atoms with Crippen LogP contribution in [0.4, 0.5) is 5.95 Å². The highest BCUT2D eigenvalue weighted by Crippen LogP contribution is 2.30. The summed E-state index contributed by atoms with van der Waals surface area (Å²) in [5.41, 5.74) is 2.28. The summed E-state index contributed by atoms with van der Waals surface area (Å²) in [6, 6.07) is 8.76. The van der Waals surface area contributed by atoms with Gasteiger partial charge in [-0.1, -0.05) is 6.07 Å². The highest BCUT2D eigenvalue weighted by molar-refractivity contribution is 5.30. The highest BCUT2D eigenvalue weighted by atomic mass is 15.3. The van der Waals surface area contributed by atoms with Crippen LogP contribution in [0.1, 0.15) is 24.2 Å². The first kappa shape index (κ1) is 14.6. The third-order valence-corrected chi connectivity index (χ3v) is 4.97. The van der Waals surface area contributed by atoms with Gasteiger partial charge in [-0.25, -0.2) is 9.97 Å². The first-order valence-electron chi connectivity index (χ1n) is 8.46. The van der Waals surface area contributed by atoms with Crippen molar-refractivity contribution in [3.63, 3.8) is 0 Å². The molecule has 5 heteroatoms. The number of nitrogens with zero attached hydrogens (tertiary/aromatic N) is 5. The SMILES string of the molecule is Cc1cccc(CN2C[C@H]3CC[C@@H]2CN(c2ncccn2)C3)n1. The first-order valence-corrected chi connectivity index (χ1v) is 8.46. The van der Waals surface area contributed by atoms with Crippen LogP contribution in [0.5, 0.6) is 0 Å². The van der Waals surface area contributed by atoms with Crippen LogP contribution in [-0.4, -0.2) is 45.5 Å². The van der Waals surface area contributed by atoms with E-state index in [1.54, 1.807) is 0 Å². The van der Waals surface area contributed by atoms with Crippen LogP contribution in [0.3, 0.4) is 0 Å². The summed E-state index contributed by atoms with van der Waals surface area (Å²) in [6.45, 7) is 6.26. The third-order valence-electron chi connectivity index (χ3n) is 4.97. The van der Waals surface area contributed by atoms with Crippen LogP contribution in [-0.2, 0) is 6.54 Å². The second kappa shape index (κ2) is 6.24. The van der Waals surface area contributed by atoms with Gasteiger partial charge in [-0.05, 0) is 43.9 Å². The summed E-state index contributed by atoms with van der Waals surface area (Å²) < 4.78 is 0. The second-order valence-corrected chi connectivity index (χ2v) is 6.75. The van der Waals surface area contributed by atoms with E-state index in [4.69, 9.17) is 0 Å². The minimum atomic E-state index is 0.569. The molecule has 3 fully saturated rings. The summed E-state index contributed by atoms with van der Waals surface area (Å²) in [5, 5.41) is 0. The maximum Gasteiger partial charge on any atom is 0.225 e. The quantitative estimate of drug-likeness (QED) is 0.870. The molecule has 0 aliphatic carbocycles. The normalized spacial score (nSPS) is 24.7. The fourth-order valence-electron chi connectivity index (χ4n) is 3.89.